The van der Waals surface area contributed by atoms with Crippen molar-refractivity contribution in [3.8, 4) is 10.4 Å². The van der Waals surface area contributed by atoms with E-state index in [2.05, 4.69) is 10.3 Å². The standard InChI is InChI=1S/C19H18N2O2S/c1-12-18(24-13(2)20-12)15-6-4-7-16(10-15)19(23)21-17-8-3-5-14(9-17)11-22/h3-10,22H,11H2,1-2H3,(H,21,23). The molecule has 0 atom stereocenters. The van der Waals surface area contributed by atoms with Crippen molar-refractivity contribution in [3.05, 3.63) is 70.4 Å². The molecule has 4 nitrogen and oxygen atoms in total. The number of anilines is 1. The van der Waals surface area contributed by atoms with Gasteiger partial charge in [-0.05, 0) is 49.2 Å². The average molecular weight is 338 g/mol. The first-order valence-corrected chi connectivity index (χ1v) is 8.44. The summed E-state index contributed by atoms with van der Waals surface area (Å²) in [6, 6.07) is 14.7. The highest BCUT2D eigenvalue weighted by molar-refractivity contribution is 7.15. The molecule has 2 N–H and O–H groups in total. The number of thiazole rings is 1. The molecule has 1 heterocycles. The van der Waals surface area contributed by atoms with Gasteiger partial charge < -0.3 is 10.4 Å². The molecular weight excluding hydrogens is 320 g/mol. The summed E-state index contributed by atoms with van der Waals surface area (Å²) in [5.41, 5.74) is 3.99. The van der Waals surface area contributed by atoms with Crippen molar-refractivity contribution in [1.82, 2.24) is 4.98 Å². The average Bonchev–Trinajstić information content (AvgIpc) is 2.93. The molecule has 0 fully saturated rings. The predicted molar refractivity (Wildman–Crippen MR) is 97.3 cm³/mol. The molecule has 0 saturated carbocycles. The van der Waals surface area contributed by atoms with Crippen LogP contribution in [0.1, 0.15) is 26.6 Å². The lowest BCUT2D eigenvalue weighted by atomic mass is 10.1. The summed E-state index contributed by atoms with van der Waals surface area (Å²) in [7, 11) is 0. The summed E-state index contributed by atoms with van der Waals surface area (Å²) in [4.78, 5) is 18.0. The quantitative estimate of drug-likeness (QED) is 0.750. The van der Waals surface area contributed by atoms with E-state index in [-0.39, 0.29) is 12.5 Å². The van der Waals surface area contributed by atoms with Gasteiger partial charge in [-0.2, -0.15) is 0 Å². The number of nitrogens with zero attached hydrogens (tertiary/aromatic N) is 1. The van der Waals surface area contributed by atoms with Crippen LogP contribution < -0.4 is 5.32 Å². The first-order chi connectivity index (χ1) is 11.6. The van der Waals surface area contributed by atoms with Crippen molar-refractivity contribution in [3.63, 3.8) is 0 Å². The van der Waals surface area contributed by atoms with Gasteiger partial charge in [-0.15, -0.1) is 11.3 Å². The number of hydrogen-bond donors (Lipinski definition) is 2. The summed E-state index contributed by atoms with van der Waals surface area (Å²) < 4.78 is 0. The second kappa shape index (κ2) is 6.95. The first-order valence-electron chi connectivity index (χ1n) is 7.62. The Bertz CT molecular complexity index is 887. The minimum absolute atomic E-state index is 0.0524. The van der Waals surface area contributed by atoms with Crippen LogP contribution in [0.15, 0.2) is 48.5 Å². The fraction of sp³-hybridized carbons (Fsp3) is 0.158. The molecule has 0 aliphatic heterocycles. The van der Waals surface area contributed by atoms with Crippen molar-refractivity contribution < 1.29 is 9.90 Å². The number of rotatable bonds is 4. The maximum Gasteiger partial charge on any atom is 0.255 e. The Labute approximate surface area is 144 Å². The van der Waals surface area contributed by atoms with Crippen molar-refractivity contribution in [1.29, 1.82) is 0 Å². The van der Waals surface area contributed by atoms with E-state index in [1.54, 1.807) is 35.6 Å². The van der Waals surface area contributed by atoms with Gasteiger partial charge in [0.25, 0.3) is 5.91 Å². The third kappa shape index (κ3) is 3.53. The molecule has 0 unspecified atom stereocenters. The molecule has 3 aromatic rings. The Morgan fingerprint density at radius 1 is 1.17 bits per heavy atom. The van der Waals surface area contributed by atoms with Gasteiger partial charge in [0.15, 0.2) is 0 Å². The lowest BCUT2D eigenvalue weighted by Gasteiger charge is -2.08. The number of benzene rings is 2. The van der Waals surface area contributed by atoms with Gasteiger partial charge in [0, 0.05) is 11.3 Å². The minimum atomic E-state index is -0.175. The molecule has 2 aromatic carbocycles. The van der Waals surface area contributed by atoms with Crippen molar-refractivity contribution >= 4 is 22.9 Å². The summed E-state index contributed by atoms with van der Waals surface area (Å²) in [6.45, 7) is 3.90. The molecule has 24 heavy (non-hydrogen) atoms. The van der Waals surface area contributed by atoms with E-state index >= 15 is 0 Å². The number of aryl methyl sites for hydroxylation is 2. The molecular formula is C19H18N2O2S. The lowest BCUT2D eigenvalue weighted by molar-refractivity contribution is 0.102. The smallest absolute Gasteiger partial charge is 0.255 e. The largest absolute Gasteiger partial charge is 0.392 e. The summed E-state index contributed by atoms with van der Waals surface area (Å²) >= 11 is 1.63. The van der Waals surface area contributed by atoms with Crippen LogP contribution in [0.5, 0.6) is 0 Å². The maximum absolute atomic E-state index is 12.5. The van der Waals surface area contributed by atoms with E-state index in [1.807, 2.05) is 38.1 Å². The van der Waals surface area contributed by atoms with Crippen molar-refractivity contribution in [2.24, 2.45) is 0 Å². The van der Waals surface area contributed by atoms with E-state index in [1.165, 1.54) is 0 Å². The number of nitrogens with one attached hydrogen (secondary N) is 1. The first kappa shape index (κ1) is 16.4. The number of amides is 1. The Hall–Kier alpha value is -2.50. The van der Waals surface area contributed by atoms with E-state index < -0.39 is 0 Å². The van der Waals surface area contributed by atoms with Crippen molar-refractivity contribution in [2.75, 3.05) is 5.32 Å². The molecule has 122 valence electrons. The zero-order chi connectivity index (χ0) is 17.1. The molecule has 1 amide bonds. The number of carbonyl (C=O) groups is 1. The normalized spacial score (nSPS) is 10.6. The second-order valence-electron chi connectivity index (χ2n) is 5.54. The molecule has 0 bridgehead atoms. The highest BCUT2D eigenvalue weighted by Gasteiger charge is 2.11. The molecule has 5 heteroatoms. The predicted octanol–water partition coefficient (Wildman–Crippen LogP) is 4.17. The third-order valence-corrected chi connectivity index (χ3v) is 4.78. The van der Waals surface area contributed by atoms with E-state index in [4.69, 9.17) is 0 Å². The topological polar surface area (TPSA) is 62.2 Å². The second-order valence-corrected chi connectivity index (χ2v) is 6.74. The van der Waals surface area contributed by atoms with Gasteiger partial charge in [-0.1, -0.05) is 24.3 Å². The zero-order valence-corrected chi connectivity index (χ0v) is 14.4. The van der Waals surface area contributed by atoms with Crippen LogP contribution in [0.25, 0.3) is 10.4 Å². The Kier molecular flexibility index (Phi) is 4.74. The fourth-order valence-corrected chi connectivity index (χ4v) is 3.47. The van der Waals surface area contributed by atoms with Gasteiger partial charge in [-0.25, -0.2) is 4.98 Å². The summed E-state index contributed by atoms with van der Waals surface area (Å²) in [6.07, 6.45) is 0. The maximum atomic E-state index is 12.5. The van der Waals surface area contributed by atoms with E-state index in [0.717, 1.165) is 26.7 Å². The van der Waals surface area contributed by atoms with Gasteiger partial charge >= 0.3 is 0 Å². The SMILES string of the molecule is Cc1nc(C)c(-c2cccc(C(=O)Nc3cccc(CO)c3)c2)s1. The van der Waals surface area contributed by atoms with Gasteiger partial charge in [0.2, 0.25) is 0 Å². The van der Waals surface area contributed by atoms with E-state index in [0.29, 0.717) is 11.3 Å². The number of carbonyl (C=O) groups excluding carboxylic acids is 1. The molecule has 0 saturated heterocycles. The molecule has 3 rings (SSSR count). The fourth-order valence-electron chi connectivity index (χ4n) is 2.55. The Morgan fingerprint density at radius 3 is 2.67 bits per heavy atom. The Morgan fingerprint density at radius 2 is 1.96 bits per heavy atom. The monoisotopic (exact) mass is 338 g/mol. The molecule has 0 spiro atoms. The number of hydrogen-bond acceptors (Lipinski definition) is 4. The number of aliphatic hydroxyl groups excluding tert-OH is 1. The van der Waals surface area contributed by atoms with E-state index in [9.17, 15) is 9.90 Å². The van der Waals surface area contributed by atoms with Crippen LogP contribution in [0.3, 0.4) is 0 Å². The van der Waals surface area contributed by atoms with Crippen molar-refractivity contribution in [2.45, 2.75) is 20.5 Å². The van der Waals surface area contributed by atoms with Crippen LogP contribution >= 0.6 is 11.3 Å². The van der Waals surface area contributed by atoms with Gasteiger partial charge in [0.1, 0.15) is 0 Å². The summed E-state index contributed by atoms with van der Waals surface area (Å²) in [5, 5.41) is 13.1. The lowest BCUT2D eigenvalue weighted by Crippen LogP contribution is -2.12. The van der Waals surface area contributed by atoms with Crippen LogP contribution in [0.4, 0.5) is 5.69 Å². The minimum Gasteiger partial charge on any atom is -0.392 e. The molecule has 0 aliphatic rings. The van der Waals surface area contributed by atoms with Crippen LogP contribution in [0.2, 0.25) is 0 Å². The highest BCUT2D eigenvalue weighted by atomic mass is 32.1. The van der Waals surface area contributed by atoms with Gasteiger partial charge in [0.05, 0.1) is 22.2 Å². The Balaban J connectivity index is 1.85. The van der Waals surface area contributed by atoms with Crippen LogP contribution in [-0.4, -0.2) is 16.0 Å². The number of aromatic nitrogens is 1. The zero-order valence-electron chi connectivity index (χ0n) is 13.5. The summed E-state index contributed by atoms with van der Waals surface area (Å²) in [5.74, 6) is -0.175. The molecule has 1 aromatic heterocycles. The van der Waals surface area contributed by atoms with Crippen LogP contribution in [0, 0.1) is 13.8 Å². The highest BCUT2D eigenvalue weighted by Crippen LogP contribution is 2.30. The third-order valence-electron chi connectivity index (χ3n) is 3.66. The van der Waals surface area contributed by atoms with Gasteiger partial charge in [-0.3, -0.25) is 4.79 Å². The van der Waals surface area contributed by atoms with Crippen LogP contribution in [-0.2, 0) is 6.61 Å². The molecule has 0 radical (unpaired) electrons. The number of aliphatic hydroxyl groups is 1. The molecule has 0 aliphatic carbocycles.